The van der Waals surface area contributed by atoms with Gasteiger partial charge in [-0.25, -0.2) is 9.18 Å². The number of hydrogen-bond donors (Lipinski definition) is 2. The second-order valence-electron chi connectivity index (χ2n) is 8.03. The van der Waals surface area contributed by atoms with Crippen LogP contribution in [0.1, 0.15) is 18.4 Å². The number of halogens is 2. The smallest absolute Gasteiger partial charge is 0.321 e. The van der Waals surface area contributed by atoms with Crippen LogP contribution in [0.5, 0.6) is 5.75 Å². The van der Waals surface area contributed by atoms with Crippen LogP contribution in [-0.4, -0.2) is 61.2 Å². The normalized spacial score (nSPS) is 18.1. The minimum absolute atomic E-state index is 0.145. The van der Waals surface area contributed by atoms with Crippen LogP contribution >= 0.6 is 15.9 Å². The van der Waals surface area contributed by atoms with Crippen molar-refractivity contribution in [3.8, 4) is 5.75 Å². The number of rotatable bonds is 5. The van der Waals surface area contributed by atoms with Gasteiger partial charge >= 0.3 is 6.03 Å². The fraction of sp³-hybridized carbons (Fsp3) is 0.435. The molecule has 6 nitrogen and oxygen atoms in total. The van der Waals surface area contributed by atoms with E-state index < -0.39 is 0 Å². The Morgan fingerprint density at radius 2 is 1.81 bits per heavy atom. The molecule has 4 rings (SSSR count). The Morgan fingerprint density at radius 1 is 1.10 bits per heavy atom. The van der Waals surface area contributed by atoms with Crippen LogP contribution in [0.15, 0.2) is 46.9 Å². The molecule has 0 spiro atoms. The first-order valence-electron chi connectivity index (χ1n) is 10.8. The summed E-state index contributed by atoms with van der Waals surface area (Å²) in [6.07, 6.45) is 2.35. The molecule has 0 atom stereocenters. The molecule has 2 heterocycles. The van der Waals surface area contributed by atoms with Gasteiger partial charge in [0.15, 0.2) is 0 Å². The molecular weight excluding hydrogens is 463 g/mol. The lowest BCUT2D eigenvalue weighted by Gasteiger charge is -2.34. The van der Waals surface area contributed by atoms with Gasteiger partial charge in [0.05, 0.1) is 4.47 Å². The number of amides is 2. The molecule has 166 valence electrons. The number of carbonyl (C=O) groups excluding carboxylic acids is 1. The van der Waals surface area contributed by atoms with Gasteiger partial charge in [0.1, 0.15) is 17.7 Å². The number of urea groups is 1. The number of nitrogens with zero attached hydrogens (tertiary/aromatic N) is 2. The van der Waals surface area contributed by atoms with Crippen molar-refractivity contribution in [2.75, 3.05) is 44.6 Å². The summed E-state index contributed by atoms with van der Waals surface area (Å²) in [6, 6.07) is 12.0. The van der Waals surface area contributed by atoms with Gasteiger partial charge in [0.2, 0.25) is 0 Å². The largest absolute Gasteiger partial charge is 0.489 e. The van der Waals surface area contributed by atoms with E-state index in [1.54, 1.807) is 17.0 Å². The molecule has 0 bridgehead atoms. The molecule has 31 heavy (non-hydrogen) atoms. The summed E-state index contributed by atoms with van der Waals surface area (Å²) in [5.74, 6) is 0.585. The zero-order valence-corrected chi connectivity index (χ0v) is 19.0. The first-order chi connectivity index (χ1) is 15.1. The molecule has 2 fully saturated rings. The molecule has 2 N–H and O–H groups in total. The lowest BCUT2D eigenvalue weighted by atomic mass is 10.1. The third-order valence-corrected chi connectivity index (χ3v) is 6.36. The van der Waals surface area contributed by atoms with Crippen molar-refractivity contribution in [2.45, 2.75) is 25.5 Å². The summed E-state index contributed by atoms with van der Waals surface area (Å²) < 4.78 is 20.2. The number of piperidine rings is 1. The minimum atomic E-state index is -0.316. The number of anilines is 1. The summed E-state index contributed by atoms with van der Waals surface area (Å²) in [4.78, 5) is 16.6. The zero-order chi connectivity index (χ0) is 21.6. The third-order valence-electron chi connectivity index (χ3n) is 5.74. The van der Waals surface area contributed by atoms with Crippen LogP contribution in [0.25, 0.3) is 0 Å². The molecule has 8 heteroatoms. The van der Waals surface area contributed by atoms with E-state index in [1.807, 2.05) is 6.07 Å². The van der Waals surface area contributed by atoms with Gasteiger partial charge in [-0.2, -0.15) is 0 Å². The van der Waals surface area contributed by atoms with E-state index in [0.29, 0.717) is 18.8 Å². The molecule has 0 unspecified atom stereocenters. The van der Waals surface area contributed by atoms with E-state index >= 15 is 0 Å². The zero-order valence-electron chi connectivity index (χ0n) is 17.4. The fourth-order valence-electron chi connectivity index (χ4n) is 3.93. The fourth-order valence-corrected chi connectivity index (χ4v) is 4.45. The van der Waals surface area contributed by atoms with Crippen LogP contribution in [0.4, 0.5) is 14.9 Å². The van der Waals surface area contributed by atoms with Gasteiger partial charge in [0, 0.05) is 38.4 Å². The predicted octanol–water partition coefficient (Wildman–Crippen LogP) is 4.07. The highest BCUT2D eigenvalue weighted by molar-refractivity contribution is 9.10. The van der Waals surface area contributed by atoms with E-state index in [-0.39, 0.29) is 18.0 Å². The van der Waals surface area contributed by atoms with Crippen molar-refractivity contribution in [2.24, 2.45) is 0 Å². The molecule has 2 saturated heterocycles. The van der Waals surface area contributed by atoms with Crippen LogP contribution in [0.3, 0.4) is 0 Å². The van der Waals surface area contributed by atoms with Crippen LogP contribution in [0.2, 0.25) is 0 Å². The standard InChI is InChI=1S/C23H28BrFN4O2/c24-21-15-17(1-6-22(21)31-20-7-9-26-10-8-20)16-28-11-13-29(14-12-28)23(30)27-19-4-2-18(25)3-5-19/h1-6,15,20,26H,7-14,16H2,(H,27,30). The average molecular weight is 491 g/mol. The summed E-state index contributed by atoms with van der Waals surface area (Å²) in [7, 11) is 0. The summed E-state index contributed by atoms with van der Waals surface area (Å²) in [6.45, 7) is 5.78. The monoisotopic (exact) mass is 490 g/mol. The van der Waals surface area contributed by atoms with Crippen molar-refractivity contribution in [3.05, 3.63) is 58.3 Å². The maximum absolute atomic E-state index is 13.0. The topological polar surface area (TPSA) is 56.8 Å². The molecule has 0 radical (unpaired) electrons. The molecule has 2 aromatic rings. The van der Waals surface area contributed by atoms with Crippen LogP contribution in [-0.2, 0) is 6.54 Å². The number of carbonyl (C=O) groups is 1. The van der Waals surface area contributed by atoms with Gasteiger partial charge in [-0.15, -0.1) is 0 Å². The van der Waals surface area contributed by atoms with Crippen molar-refractivity contribution in [3.63, 3.8) is 0 Å². The molecule has 0 saturated carbocycles. The van der Waals surface area contributed by atoms with Gasteiger partial charge in [-0.3, -0.25) is 4.90 Å². The lowest BCUT2D eigenvalue weighted by Crippen LogP contribution is -2.49. The lowest BCUT2D eigenvalue weighted by molar-refractivity contribution is 0.142. The first kappa shape index (κ1) is 22.0. The molecule has 0 aromatic heterocycles. The number of hydrogen-bond acceptors (Lipinski definition) is 4. The van der Waals surface area contributed by atoms with Crippen LogP contribution in [0, 0.1) is 5.82 Å². The van der Waals surface area contributed by atoms with Crippen molar-refractivity contribution in [1.29, 1.82) is 0 Å². The molecular formula is C23H28BrFN4O2. The van der Waals surface area contributed by atoms with E-state index in [2.05, 4.69) is 43.6 Å². The Hall–Kier alpha value is -2.16. The second kappa shape index (κ2) is 10.4. The van der Waals surface area contributed by atoms with Crippen molar-refractivity contribution >= 4 is 27.6 Å². The third kappa shape index (κ3) is 6.18. The van der Waals surface area contributed by atoms with E-state index in [9.17, 15) is 9.18 Å². The van der Waals surface area contributed by atoms with E-state index in [1.165, 1.54) is 17.7 Å². The van der Waals surface area contributed by atoms with Gasteiger partial charge in [0.25, 0.3) is 0 Å². The van der Waals surface area contributed by atoms with E-state index in [4.69, 9.17) is 4.74 Å². The highest BCUT2D eigenvalue weighted by atomic mass is 79.9. The highest BCUT2D eigenvalue weighted by Gasteiger charge is 2.22. The Morgan fingerprint density at radius 3 is 2.48 bits per heavy atom. The number of nitrogens with one attached hydrogen (secondary N) is 2. The first-order valence-corrected chi connectivity index (χ1v) is 11.6. The predicted molar refractivity (Wildman–Crippen MR) is 123 cm³/mol. The Kier molecular flexibility index (Phi) is 7.42. The SMILES string of the molecule is O=C(Nc1ccc(F)cc1)N1CCN(Cc2ccc(OC3CCNCC3)c(Br)c2)CC1. The number of ether oxygens (including phenoxy) is 1. The molecule has 2 aromatic carbocycles. The summed E-state index contributed by atoms with van der Waals surface area (Å²) in [5, 5.41) is 6.18. The maximum atomic E-state index is 13.0. The molecule has 2 amide bonds. The van der Waals surface area contributed by atoms with Gasteiger partial charge in [-0.05, 0) is 83.8 Å². The van der Waals surface area contributed by atoms with Crippen LogP contribution < -0.4 is 15.4 Å². The summed E-state index contributed by atoms with van der Waals surface area (Å²) >= 11 is 3.66. The molecule has 2 aliphatic heterocycles. The molecule has 2 aliphatic rings. The van der Waals surface area contributed by atoms with Gasteiger partial charge in [-0.1, -0.05) is 6.07 Å². The van der Waals surface area contributed by atoms with Crippen molar-refractivity contribution in [1.82, 2.24) is 15.1 Å². The van der Waals surface area contributed by atoms with E-state index in [0.717, 1.165) is 55.8 Å². The Bertz CT molecular complexity index is 882. The average Bonchev–Trinajstić information content (AvgIpc) is 2.78. The van der Waals surface area contributed by atoms with Gasteiger partial charge < -0.3 is 20.3 Å². The number of piperazine rings is 1. The number of benzene rings is 2. The highest BCUT2D eigenvalue weighted by Crippen LogP contribution is 2.29. The maximum Gasteiger partial charge on any atom is 0.321 e. The summed E-state index contributed by atoms with van der Waals surface area (Å²) in [5.41, 5.74) is 1.82. The quantitative estimate of drug-likeness (QED) is 0.663. The minimum Gasteiger partial charge on any atom is -0.489 e. The molecule has 0 aliphatic carbocycles. The Labute approximate surface area is 190 Å². The second-order valence-corrected chi connectivity index (χ2v) is 8.89. The van der Waals surface area contributed by atoms with Crippen molar-refractivity contribution < 1.29 is 13.9 Å². The Balaban J connectivity index is 1.25.